The van der Waals surface area contributed by atoms with Gasteiger partial charge in [-0.15, -0.1) is 11.8 Å². The molecule has 0 aliphatic heterocycles. The Morgan fingerprint density at radius 2 is 2.00 bits per heavy atom. The molecule has 18 heavy (non-hydrogen) atoms. The van der Waals surface area contributed by atoms with E-state index in [1.54, 1.807) is 0 Å². The van der Waals surface area contributed by atoms with Crippen molar-refractivity contribution in [3.8, 4) is 0 Å². The lowest BCUT2D eigenvalue weighted by Crippen LogP contribution is -2.00. The van der Waals surface area contributed by atoms with Crippen LogP contribution in [0.3, 0.4) is 0 Å². The van der Waals surface area contributed by atoms with Crippen LogP contribution in [0.2, 0.25) is 0 Å². The number of hydrogen-bond acceptors (Lipinski definition) is 5. The van der Waals surface area contributed by atoms with E-state index in [2.05, 4.69) is 0 Å². The highest BCUT2D eigenvalue weighted by Gasteiger charge is 2.17. The maximum Gasteiger partial charge on any atom is 0.335 e. The van der Waals surface area contributed by atoms with Crippen molar-refractivity contribution >= 4 is 29.4 Å². The number of hydrogen-bond donors (Lipinski definition) is 2. The van der Waals surface area contributed by atoms with Gasteiger partial charge in [-0.2, -0.15) is 0 Å². The zero-order chi connectivity index (χ0) is 13.7. The minimum absolute atomic E-state index is 0.123. The van der Waals surface area contributed by atoms with E-state index in [-0.39, 0.29) is 28.3 Å². The average Bonchev–Trinajstić information content (AvgIpc) is 2.28. The first-order valence-electron chi connectivity index (χ1n) is 4.78. The molecule has 96 valence electrons. The van der Waals surface area contributed by atoms with Crippen LogP contribution in [0.4, 0.5) is 5.69 Å². The van der Waals surface area contributed by atoms with Gasteiger partial charge in [0.1, 0.15) is 0 Å². The van der Waals surface area contributed by atoms with Crippen molar-refractivity contribution in [3.63, 3.8) is 0 Å². The summed E-state index contributed by atoms with van der Waals surface area (Å²) in [6, 6.07) is 3.53. The second kappa shape index (κ2) is 6.01. The van der Waals surface area contributed by atoms with Crippen molar-refractivity contribution in [3.05, 3.63) is 33.9 Å². The van der Waals surface area contributed by atoms with Crippen LogP contribution >= 0.6 is 11.8 Å². The third-order valence-corrected chi connectivity index (χ3v) is 3.04. The molecule has 0 unspecified atom stereocenters. The van der Waals surface area contributed by atoms with Gasteiger partial charge in [-0.05, 0) is 12.1 Å². The SMILES string of the molecule is O=C(O)CCSc1ccc(C(=O)O)cc1[N+](=O)[O-]. The number of rotatable bonds is 6. The fourth-order valence-corrected chi connectivity index (χ4v) is 2.11. The summed E-state index contributed by atoms with van der Waals surface area (Å²) >= 11 is 1.01. The van der Waals surface area contributed by atoms with Crippen molar-refractivity contribution in [2.24, 2.45) is 0 Å². The van der Waals surface area contributed by atoms with Gasteiger partial charge in [0, 0.05) is 11.8 Å². The van der Waals surface area contributed by atoms with E-state index in [9.17, 15) is 19.7 Å². The highest BCUT2D eigenvalue weighted by molar-refractivity contribution is 7.99. The topological polar surface area (TPSA) is 118 Å². The van der Waals surface area contributed by atoms with Gasteiger partial charge in [0.25, 0.3) is 5.69 Å². The fourth-order valence-electron chi connectivity index (χ4n) is 1.16. The van der Waals surface area contributed by atoms with E-state index in [0.717, 1.165) is 17.8 Å². The Hall–Kier alpha value is -2.09. The largest absolute Gasteiger partial charge is 0.481 e. The van der Waals surface area contributed by atoms with Crippen molar-refractivity contribution in [1.82, 2.24) is 0 Å². The highest BCUT2D eigenvalue weighted by Crippen LogP contribution is 2.30. The Morgan fingerprint density at radius 3 is 2.50 bits per heavy atom. The Morgan fingerprint density at radius 1 is 1.33 bits per heavy atom. The Bertz CT molecular complexity index is 501. The Labute approximate surface area is 106 Å². The van der Waals surface area contributed by atoms with Gasteiger partial charge < -0.3 is 10.2 Å². The molecular weight excluding hydrogens is 262 g/mol. The molecule has 2 N–H and O–H groups in total. The molecule has 1 rings (SSSR count). The highest BCUT2D eigenvalue weighted by atomic mass is 32.2. The van der Waals surface area contributed by atoms with Gasteiger partial charge >= 0.3 is 11.9 Å². The standard InChI is InChI=1S/C10H9NO6S/c12-9(13)3-4-18-8-2-1-6(10(14)15)5-7(8)11(16)17/h1-2,5H,3-4H2,(H,12,13)(H,14,15). The van der Waals surface area contributed by atoms with Crippen molar-refractivity contribution in [2.45, 2.75) is 11.3 Å². The predicted octanol–water partition coefficient (Wildman–Crippen LogP) is 1.86. The lowest BCUT2D eigenvalue weighted by Gasteiger charge is -2.02. The van der Waals surface area contributed by atoms with Gasteiger partial charge in [-0.25, -0.2) is 4.79 Å². The molecule has 0 spiro atoms. The van der Waals surface area contributed by atoms with Crippen LogP contribution in [0.5, 0.6) is 0 Å². The molecule has 0 amide bonds. The summed E-state index contributed by atoms with van der Waals surface area (Å²) in [7, 11) is 0. The smallest absolute Gasteiger partial charge is 0.335 e. The number of nitro benzene ring substituents is 1. The summed E-state index contributed by atoms with van der Waals surface area (Å²) in [5.74, 6) is -2.06. The summed E-state index contributed by atoms with van der Waals surface area (Å²) in [5, 5.41) is 28.0. The first-order chi connectivity index (χ1) is 8.41. The van der Waals surface area contributed by atoms with E-state index in [4.69, 9.17) is 10.2 Å². The lowest BCUT2D eigenvalue weighted by molar-refractivity contribution is -0.387. The van der Waals surface area contributed by atoms with E-state index >= 15 is 0 Å². The van der Waals surface area contributed by atoms with E-state index in [0.29, 0.717) is 0 Å². The first-order valence-corrected chi connectivity index (χ1v) is 5.76. The zero-order valence-electron chi connectivity index (χ0n) is 9.03. The van der Waals surface area contributed by atoms with Crippen LogP contribution in [-0.4, -0.2) is 32.8 Å². The summed E-state index contributed by atoms with van der Waals surface area (Å²) in [4.78, 5) is 31.4. The van der Waals surface area contributed by atoms with Gasteiger partial charge in [0.05, 0.1) is 21.8 Å². The van der Waals surface area contributed by atoms with Crippen LogP contribution in [-0.2, 0) is 4.79 Å². The number of nitrogens with zero attached hydrogens (tertiary/aromatic N) is 1. The van der Waals surface area contributed by atoms with E-state index in [1.165, 1.54) is 12.1 Å². The van der Waals surface area contributed by atoms with E-state index in [1.807, 2.05) is 0 Å². The lowest BCUT2D eigenvalue weighted by atomic mass is 10.2. The second-order valence-corrected chi connectivity index (χ2v) is 4.37. The molecule has 0 saturated carbocycles. The minimum Gasteiger partial charge on any atom is -0.481 e. The number of nitro groups is 1. The first kappa shape index (κ1) is 14.0. The summed E-state index contributed by atoms with van der Waals surface area (Å²) in [6.45, 7) is 0. The van der Waals surface area contributed by atoms with Crippen molar-refractivity contribution in [1.29, 1.82) is 0 Å². The molecule has 0 atom stereocenters. The molecule has 0 saturated heterocycles. The molecule has 0 radical (unpaired) electrons. The minimum atomic E-state index is -1.25. The zero-order valence-corrected chi connectivity index (χ0v) is 9.85. The third-order valence-electron chi connectivity index (χ3n) is 1.98. The van der Waals surface area contributed by atoms with Gasteiger partial charge in [0.15, 0.2) is 0 Å². The number of aromatic carboxylic acids is 1. The number of carboxylic acids is 2. The van der Waals surface area contributed by atoms with Gasteiger partial charge in [-0.1, -0.05) is 0 Å². The number of benzene rings is 1. The quantitative estimate of drug-likeness (QED) is 0.460. The summed E-state index contributed by atoms with van der Waals surface area (Å²) in [6.07, 6.45) is -0.123. The number of thioether (sulfide) groups is 1. The molecule has 0 bridgehead atoms. The number of carbonyl (C=O) groups is 2. The Balaban J connectivity index is 2.93. The molecule has 8 heteroatoms. The molecule has 0 aliphatic rings. The normalized spacial score (nSPS) is 10.0. The van der Waals surface area contributed by atoms with Gasteiger partial charge in [-0.3, -0.25) is 14.9 Å². The molecule has 0 aliphatic carbocycles. The number of aliphatic carboxylic acids is 1. The molecule has 0 fully saturated rings. The van der Waals surface area contributed by atoms with Crippen LogP contribution in [0.1, 0.15) is 16.8 Å². The molecule has 7 nitrogen and oxygen atoms in total. The number of carboxylic acid groups (broad SMARTS) is 2. The van der Waals surface area contributed by atoms with Crippen LogP contribution in [0.15, 0.2) is 23.1 Å². The monoisotopic (exact) mass is 271 g/mol. The third kappa shape index (κ3) is 3.74. The average molecular weight is 271 g/mol. The van der Waals surface area contributed by atoms with Crippen LogP contribution in [0.25, 0.3) is 0 Å². The Kier molecular flexibility index (Phi) is 4.67. The van der Waals surface area contributed by atoms with Crippen LogP contribution in [0, 0.1) is 10.1 Å². The maximum atomic E-state index is 10.8. The predicted molar refractivity (Wildman–Crippen MR) is 63.0 cm³/mol. The molecule has 1 aromatic rings. The molecular formula is C10H9NO6S. The van der Waals surface area contributed by atoms with Crippen LogP contribution < -0.4 is 0 Å². The second-order valence-electron chi connectivity index (χ2n) is 3.24. The van der Waals surface area contributed by atoms with Crippen molar-refractivity contribution in [2.75, 3.05) is 5.75 Å². The molecule has 1 aromatic carbocycles. The van der Waals surface area contributed by atoms with Crippen molar-refractivity contribution < 1.29 is 24.7 Å². The molecule has 0 heterocycles. The van der Waals surface area contributed by atoms with E-state index < -0.39 is 16.9 Å². The molecule has 0 aromatic heterocycles. The maximum absolute atomic E-state index is 10.8. The van der Waals surface area contributed by atoms with Gasteiger partial charge in [0.2, 0.25) is 0 Å². The summed E-state index contributed by atoms with van der Waals surface area (Å²) in [5.41, 5.74) is -0.505. The summed E-state index contributed by atoms with van der Waals surface area (Å²) < 4.78 is 0. The fraction of sp³-hybridized carbons (Fsp3) is 0.200.